The number of nitrogens with two attached hydrogens (primary N) is 1. The molecule has 11 heteroatoms. The average molecular weight is 489 g/mol. The summed E-state index contributed by atoms with van der Waals surface area (Å²) in [6, 6.07) is 3.00. The van der Waals surface area contributed by atoms with Crippen LogP contribution in [-0.4, -0.2) is 52.3 Å². The van der Waals surface area contributed by atoms with Gasteiger partial charge < -0.3 is 20.1 Å². The first-order valence-electron chi connectivity index (χ1n) is 10.1. The standard InChI is InChI=1S/C21H27ClF2N4O3S/c1-13-8-17(31-20-15(30-11-16(23)24)9-14(22)10-26-20)27-19(18(13)25)28(3)12-21(2)4-6-32(29)7-5-21/h8-10,16H,4-7,11-12,25H2,1-3H3. The van der Waals surface area contributed by atoms with Crippen LogP contribution in [0.3, 0.4) is 0 Å². The van der Waals surface area contributed by atoms with Crippen molar-refractivity contribution < 1.29 is 22.5 Å². The molecule has 7 nitrogen and oxygen atoms in total. The van der Waals surface area contributed by atoms with Crippen molar-refractivity contribution in [2.75, 3.05) is 42.3 Å². The molecule has 2 N–H and O–H groups in total. The van der Waals surface area contributed by atoms with Crippen LogP contribution in [0.15, 0.2) is 18.3 Å². The summed E-state index contributed by atoms with van der Waals surface area (Å²) in [6.07, 6.45) is 0.395. The van der Waals surface area contributed by atoms with Crippen molar-refractivity contribution in [2.24, 2.45) is 5.41 Å². The molecule has 0 spiro atoms. The van der Waals surface area contributed by atoms with E-state index >= 15 is 0 Å². The van der Waals surface area contributed by atoms with E-state index in [9.17, 15) is 13.0 Å². The second-order valence-corrected chi connectivity index (χ2v) is 10.4. The summed E-state index contributed by atoms with van der Waals surface area (Å²) in [7, 11) is 1.16. The van der Waals surface area contributed by atoms with E-state index in [-0.39, 0.29) is 27.9 Å². The fourth-order valence-corrected chi connectivity index (χ4v) is 5.37. The molecule has 0 radical (unpaired) electrons. The van der Waals surface area contributed by atoms with E-state index in [0.29, 0.717) is 29.6 Å². The maximum Gasteiger partial charge on any atom is 0.272 e. The lowest BCUT2D eigenvalue weighted by atomic mass is 9.83. The normalized spacial score (nSPS) is 20.9. The summed E-state index contributed by atoms with van der Waals surface area (Å²) in [6.45, 7) is 3.87. The van der Waals surface area contributed by atoms with Gasteiger partial charge in [0, 0.05) is 54.2 Å². The minimum atomic E-state index is -2.66. The van der Waals surface area contributed by atoms with Crippen molar-refractivity contribution in [3.8, 4) is 17.5 Å². The van der Waals surface area contributed by atoms with Crippen LogP contribution in [0.4, 0.5) is 20.3 Å². The van der Waals surface area contributed by atoms with Gasteiger partial charge in [-0.15, -0.1) is 0 Å². The Morgan fingerprint density at radius 3 is 2.69 bits per heavy atom. The van der Waals surface area contributed by atoms with Gasteiger partial charge in [-0.3, -0.25) is 4.21 Å². The van der Waals surface area contributed by atoms with Crippen LogP contribution in [0, 0.1) is 12.3 Å². The Bertz CT molecular complexity index is 986. The molecule has 2 aromatic heterocycles. The predicted octanol–water partition coefficient (Wildman–Crippen LogP) is 4.44. The first-order chi connectivity index (χ1) is 15.1. The molecule has 0 unspecified atom stereocenters. The predicted molar refractivity (Wildman–Crippen MR) is 123 cm³/mol. The quantitative estimate of drug-likeness (QED) is 0.587. The minimum Gasteiger partial charge on any atom is -0.482 e. The third kappa shape index (κ3) is 6.19. The number of nitrogen functional groups attached to an aromatic ring is 1. The molecule has 0 aromatic carbocycles. The van der Waals surface area contributed by atoms with Gasteiger partial charge in [-0.05, 0) is 30.7 Å². The molecule has 0 aliphatic carbocycles. The maximum atomic E-state index is 12.6. The summed E-state index contributed by atoms with van der Waals surface area (Å²) in [4.78, 5) is 10.6. The van der Waals surface area contributed by atoms with Crippen molar-refractivity contribution >= 4 is 33.9 Å². The van der Waals surface area contributed by atoms with E-state index in [4.69, 9.17) is 26.8 Å². The smallest absolute Gasteiger partial charge is 0.272 e. The molecule has 176 valence electrons. The van der Waals surface area contributed by atoms with Gasteiger partial charge in [0.25, 0.3) is 12.3 Å². The summed E-state index contributed by atoms with van der Waals surface area (Å²) < 4.78 is 47.8. The van der Waals surface area contributed by atoms with Crippen molar-refractivity contribution in [3.05, 3.63) is 28.9 Å². The zero-order chi connectivity index (χ0) is 23.5. The minimum absolute atomic E-state index is 0.00440. The number of pyridine rings is 2. The molecular formula is C21H27ClF2N4O3S. The summed E-state index contributed by atoms with van der Waals surface area (Å²) >= 11 is 5.92. The first kappa shape index (κ1) is 24.4. The molecule has 1 aliphatic rings. The number of halogens is 3. The van der Waals surface area contributed by atoms with Gasteiger partial charge in [0.1, 0.15) is 6.61 Å². The van der Waals surface area contributed by atoms with Crippen LogP contribution in [0.25, 0.3) is 0 Å². The van der Waals surface area contributed by atoms with Gasteiger partial charge >= 0.3 is 0 Å². The molecule has 2 aromatic rings. The monoisotopic (exact) mass is 488 g/mol. The molecule has 0 atom stereocenters. The Kier molecular flexibility index (Phi) is 7.76. The SMILES string of the molecule is Cc1cc(Oc2ncc(Cl)cc2OCC(F)F)nc(N(C)CC2(C)CCS(=O)CC2)c1N. The number of aryl methyl sites for hydroxylation is 1. The molecule has 32 heavy (non-hydrogen) atoms. The molecule has 3 rings (SSSR count). The number of alkyl halides is 2. The lowest BCUT2D eigenvalue weighted by Gasteiger charge is -2.37. The number of nitrogens with zero attached hydrogens (tertiary/aromatic N) is 3. The molecule has 3 heterocycles. The lowest BCUT2D eigenvalue weighted by Crippen LogP contribution is -2.39. The second-order valence-electron chi connectivity index (χ2n) is 8.29. The summed E-state index contributed by atoms with van der Waals surface area (Å²) in [5.41, 5.74) is 7.55. The third-order valence-corrected chi connectivity index (χ3v) is 6.95. The van der Waals surface area contributed by atoms with Gasteiger partial charge in [-0.1, -0.05) is 18.5 Å². The summed E-state index contributed by atoms with van der Waals surface area (Å²) in [5, 5.41) is 0.227. The molecule has 0 saturated carbocycles. The highest BCUT2D eigenvalue weighted by Crippen LogP contribution is 2.37. The van der Waals surface area contributed by atoms with Crippen LogP contribution in [0.5, 0.6) is 17.5 Å². The van der Waals surface area contributed by atoms with Gasteiger partial charge in [-0.25, -0.2) is 13.8 Å². The fraction of sp³-hybridized carbons (Fsp3) is 0.524. The Labute approximate surface area is 193 Å². The van der Waals surface area contributed by atoms with Crippen molar-refractivity contribution in [1.82, 2.24) is 9.97 Å². The van der Waals surface area contributed by atoms with E-state index in [1.807, 2.05) is 18.9 Å². The number of ether oxygens (including phenoxy) is 2. The molecule has 0 bridgehead atoms. The Balaban J connectivity index is 1.83. The van der Waals surface area contributed by atoms with Gasteiger partial charge in [-0.2, -0.15) is 4.98 Å². The van der Waals surface area contributed by atoms with Crippen LogP contribution in [0.2, 0.25) is 5.02 Å². The molecule has 1 saturated heterocycles. The van der Waals surface area contributed by atoms with Crippen LogP contribution in [0.1, 0.15) is 25.3 Å². The average Bonchev–Trinajstić information content (AvgIpc) is 2.72. The van der Waals surface area contributed by atoms with Crippen LogP contribution >= 0.6 is 11.6 Å². The highest BCUT2D eigenvalue weighted by atomic mass is 35.5. The van der Waals surface area contributed by atoms with Gasteiger partial charge in [0.05, 0.1) is 10.7 Å². The fourth-order valence-electron chi connectivity index (χ4n) is 3.57. The molecule has 1 aliphatic heterocycles. The molecule has 0 amide bonds. The first-order valence-corrected chi connectivity index (χ1v) is 12.0. The number of rotatable bonds is 8. The number of hydrogen-bond donors (Lipinski definition) is 1. The van der Waals surface area contributed by atoms with Crippen molar-refractivity contribution in [2.45, 2.75) is 33.1 Å². The maximum absolute atomic E-state index is 12.6. The molecular weight excluding hydrogens is 462 g/mol. The Hall–Kier alpha value is -2.20. The number of hydrogen-bond acceptors (Lipinski definition) is 7. The van der Waals surface area contributed by atoms with Crippen molar-refractivity contribution in [1.29, 1.82) is 0 Å². The van der Waals surface area contributed by atoms with Gasteiger partial charge in [0.2, 0.25) is 5.88 Å². The second kappa shape index (κ2) is 10.2. The highest BCUT2D eigenvalue weighted by molar-refractivity contribution is 7.85. The highest BCUT2D eigenvalue weighted by Gasteiger charge is 2.32. The van der Waals surface area contributed by atoms with E-state index < -0.39 is 23.8 Å². The zero-order valence-corrected chi connectivity index (χ0v) is 19.8. The number of aromatic nitrogens is 2. The Morgan fingerprint density at radius 2 is 2.03 bits per heavy atom. The van der Waals surface area contributed by atoms with E-state index in [1.165, 1.54) is 12.3 Å². The lowest BCUT2D eigenvalue weighted by molar-refractivity contribution is 0.0804. The van der Waals surface area contributed by atoms with E-state index in [1.54, 1.807) is 6.07 Å². The van der Waals surface area contributed by atoms with Crippen LogP contribution < -0.4 is 20.1 Å². The largest absolute Gasteiger partial charge is 0.482 e. The van der Waals surface area contributed by atoms with E-state index in [0.717, 1.165) is 18.4 Å². The van der Waals surface area contributed by atoms with E-state index in [2.05, 4.69) is 16.9 Å². The molecule has 1 fully saturated rings. The van der Waals surface area contributed by atoms with Gasteiger partial charge in [0.15, 0.2) is 11.6 Å². The number of anilines is 2. The van der Waals surface area contributed by atoms with Crippen LogP contribution in [-0.2, 0) is 10.8 Å². The topological polar surface area (TPSA) is 90.6 Å². The summed E-state index contributed by atoms with van der Waals surface area (Å²) in [5.74, 6) is 2.09. The zero-order valence-electron chi connectivity index (χ0n) is 18.2. The Morgan fingerprint density at radius 1 is 1.34 bits per heavy atom. The van der Waals surface area contributed by atoms with Crippen molar-refractivity contribution in [3.63, 3.8) is 0 Å². The third-order valence-electron chi connectivity index (χ3n) is 5.42.